The number of nitrogens with one attached hydrogen (secondary N) is 2. The van der Waals surface area contributed by atoms with Gasteiger partial charge in [-0.25, -0.2) is 4.98 Å². The Kier molecular flexibility index (Phi) is 5.02. The van der Waals surface area contributed by atoms with Gasteiger partial charge in [-0.05, 0) is 43.7 Å². The van der Waals surface area contributed by atoms with Gasteiger partial charge in [-0.2, -0.15) is 0 Å². The summed E-state index contributed by atoms with van der Waals surface area (Å²) in [5.74, 6) is 0.643. The number of para-hydroxylation sites is 1. The van der Waals surface area contributed by atoms with Gasteiger partial charge in [0.2, 0.25) is 0 Å². The molecule has 0 fully saturated rings. The average molecular weight is 382 g/mol. The largest absolute Gasteiger partial charge is 0.354 e. The first-order chi connectivity index (χ1) is 12.6. The summed E-state index contributed by atoms with van der Waals surface area (Å²) in [5, 5.41) is 10.3. The summed E-state index contributed by atoms with van der Waals surface area (Å²) < 4.78 is 0. The first-order valence-electron chi connectivity index (χ1n) is 8.95. The molecule has 134 valence electrons. The van der Waals surface area contributed by atoms with Crippen LogP contribution in [0.4, 0.5) is 11.4 Å². The first-order valence-corrected chi connectivity index (χ1v) is 10.6. The molecule has 3 nitrogen and oxygen atoms in total. The monoisotopic (exact) mass is 381 g/mol. The molecule has 0 aliphatic carbocycles. The zero-order valence-electron chi connectivity index (χ0n) is 15.2. The van der Waals surface area contributed by atoms with Crippen LogP contribution in [-0.2, 0) is 0 Å². The lowest BCUT2D eigenvalue weighted by Crippen LogP contribution is -2.18. The molecule has 5 heteroatoms. The number of fused-ring (bicyclic) bond motifs is 2. The van der Waals surface area contributed by atoms with Crippen LogP contribution in [0.15, 0.2) is 57.6 Å². The van der Waals surface area contributed by atoms with E-state index in [9.17, 15) is 0 Å². The second kappa shape index (κ2) is 7.43. The van der Waals surface area contributed by atoms with E-state index in [1.54, 1.807) is 11.3 Å². The van der Waals surface area contributed by atoms with Crippen molar-refractivity contribution in [2.45, 2.75) is 36.1 Å². The lowest BCUT2D eigenvalue weighted by atomic mass is 10.0. The fraction of sp³-hybridized carbons (Fsp3) is 0.286. The van der Waals surface area contributed by atoms with Gasteiger partial charge in [-0.15, -0.1) is 11.3 Å². The van der Waals surface area contributed by atoms with Gasteiger partial charge in [0.25, 0.3) is 0 Å². The van der Waals surface area contributed by atoms with Crippen molar-refractivity contribution in [1.29, 1.82) is 0 Å². The highest BCUT2D eigenvalue weighted by molar-refractivity contribution is 7.99. The van der Waals surface area contributed by atoms with Crippen molar-refractivity contribution in [3.63, 3.8) is 0 Å². The molecule has 0 radical (unpaired) electrons. The van der Waals surface area contributed by atoms with Crippen LogP contribution in [0.2, 0.25) is 0 Å². The molecule has 2 aromatic carbocycles. The van der Waals surface area contributed by atoms with E-state index < -0.39 is 0 Å². The lowest BCUT2D eigenvalue weighted by molar-refractivity contribution is 0.455. The minimum absolute atomic E-state index is 0.326. The molecule has 1 atom stereocenters. The van der Waals surface area contributed by atoms with Crippen LogP contribution in [0.25, 0.3) is 11.3 Å². The van der Waals surface area contributed by atoms with Crippen LogP contribution in [0.5, 0.6) is 0 Å². The summed E-state index contributed by atoms with van der Waals surface area (Å²) in [6.45, 7) is 4.51. The van der Waals surface area contributed by atoms with Crippen LogP contribution in [0.3, 0.4) is 0 Å². The van der Waals surface area contributed by atoms with Gasteiger partial charge in [-0.1, -0.05) is 43.8 Å². The highest BCUT2D eigenvalue weighted by Crippen LogP contribution is 2.45. The SMILES string of the molecule is CNC(CC(C)C)c1nc(-c2ccc3c(c2)Nc2ccccc2S3)cs1. The Hall–Kier alpha value is -1.82. The molecule has 1 aliphatic rings. The second-order valence-electron chi connectivity index (χ2n) is 6.98. The van der Waals surface area contributed by atoms with Gasteiger partial charge in [0.1, 0.15) is 5.01 Å². The Labute approximate surface area is 163 Å². The Bertz CT molecular complexity index is 917. The van der Waals surface area contributed by atoms with E-state index in [4.69, 9.17) is 4.98 Å². The highest BCUT2D eigenvalue weighted by atomic mass is 32.2. The number of nitrogens with zero attached hydrogens (tertiary/aromatic N) is 1. The molecule has 26 heavy (non-hydrogen) atoms. The number of thiazole rings is 1. The third kappa shape index (κ3) is 3.52. The molecule has 4 rings (SSSR count). The Balaban J connectivity index is 1.60. The number of hydrogen-bond acceptors (Lipinski definition) is 5. The normalized spacial score (nSPS) is 13.8. The number of anilines is 2. The molecular weight excluding hydrogens is 358 g/mol. The standard InChI is InChI=1S/C21H23N3S2/c1-13(2)10-17(22-3)21-24-18(12-25-21)14-8-9-20-16(11-14)23-15-6-4-5-7-19(15)26-20/h4-9,11-13,17,22-23H,10H2,1-3H3. The Morgan fingerprint density at radius 1 is 1.08 bits per heavy atom. The van der Waals surface area contributed by atoms with E-state index in [0.717, 1.165) is 23.4 Å². The van der Waals surface area contributed by atoms with Crippen molar-refractivity contribution in [3.8, 4) is 11.3 Å². The van der Waals surface area contributed by atoms with Gasteiger partial charge < -0.3 is 10.6 Å². The summed E-state index contributed by atoms with van der Waals surface area (Å²) in [6.07, 6.45) is 1.10. The molecule has 2 N–H and O–H groups in total. The summed E-state index contributed by atoms with van der Waals surface area (Å²) >= 11 is 3.56. The quantitative estimate of drug-likeness (QED) is 0.424. The molecule has 1 unspecified atom stereocenters. The summed E-state index contributed by atoms with van der Waals surface area (Å²) in [7, 11) is 2.02. The number of benzene rings is 2. The zero-order chi connectivity index (χ0) is 18.1. The van der Waals surface area contributed by atoms with E-state index in [0.29, 0.717) is 12.0 Å². The molecule has 2 heterocycles. The van der Waals surface area contributed by atoms with Crippen LogP contribution in [0.1, 0.15) is 31.3 Å². The van der Waals surface area contributed by atoms with Crippen molar-refractivity contribution < 1.29 is 0 Å². The number of rotatable bonds is 5. The van der Waals surface area contributed by atoms with Crippen molar-refractivity contribution in [2.75, 3.05) is 12.4 Å². The van der Waals surface area contributed by atoms with Gasteiger partial charge in [0.15, 0.2) is 0 Å². The lowest BCUT2D eigenvalue weighted by Gasteiger charge is -2.21. The van der Waals surface area contributed by atoms with Crippen LogP contribution in [-0.4, -0.2) is 12.0 Å². The highest BCUT2D eigenvalue weighted by Gasteiger charge is 2.18. The third-order valence-corrected chi connectivity index (χ3v) is 6.64. The zero-order valence-corrected chi connectivity index (χ0v) is 16.9. The van der Waals surface area contributed by atoms with E-state index in [-0.39, 0.29) is 0 Å². The molecule has 3 aromatic rings. The van der Waals surface area contributed by atoms with Crippen molar-refractivity contribution in [2.24, 2.45) is 5.92 Å². The van der Waals surface area contributed by atoms with E-state index in [1.807, 2.05) is 18.8 Å². The molecule has 0 saturated carbocycles. The summed E-state index contributed by atoms with van der Waals surface area (Å²) in [5.41, 5.74) is 4.56. The molecular formula is C21H23N3S2. The Morgan fingerprint density at radius 3 is 2.69 bits per heavy atom. The molecule has 0 bridgehead atoms. The van der Waals surface area contributed by atoms with Crippen LogP contribution >= 0.6 is 23.1 Å². The predicted molar refractivity (Wildman–Crippen MR) is 113 cm³/mol. The Morgan fingerprint density at radius 2 is 1.88 bits per heavy atom. The molecule has 1 aromatic heterocycles. The van der Waals surface area contributed by atoms with Gasteiger partial charge >= 0.3 is 0 Å². The smallest absolute Gasteiger partial charge is 0.110 e. The summed E-state index contributed by atoms with van der Waals surface area (Å²) in [4.78, 5) is 7.45. The molecule has 0 amide bonds. The minimum Gasteiger partial charge on any atom is -0.354 e. The average Bonchev–Trinajstić information content (AvgIpc) is 3.13. The van der Waals surface area contributed by atoms with Gasteiger partial charge in [-0.3, -0.25) is 0 Å². The minimum atomic E-state index is 0.326. The summed E-state index contributed by atoms with van der Waals surface area (Å²) in [6, 6.07) is 15.4. The molecule has 0 spiro atoms. The molecule has 1 aliphatic heterocycles. The van der Waals surface area contributed by atoms with E-state index >= 15 is 0 Å². The second-order valence-corrected chi connectivity index (χ2v) is 8.95. The first kappa shape index (κ1) is 17.6. The maximum atomic E-state index is 4.92. The van der Waals surface area contributed by atoms with E-state index in [1.165, 1.54) is 20.5 Å². The fourth-order valence-electron chi connectivity index (χ4n) is 3.19. The fourth-order valence-corrected chi connectivity index (χ4v) is 5.11. The van der Waals surface area contributed by atoms with E-state index in [2.05, 4.69) is 72.3 Å². The van der Waals surface area contributed by atoms with Crippen molar-refractivity contribution in [3.05, 3.63) is 52.9 Å². The van der Waals surface area contributed by atoms with Gasteiger partial charge in [0.05, 0.1) is 23.1 Å². The van der Waals surface area contributed by atoms with Crippen LogP contribution in [0, 0.1) is 5.92 Å². The molecule has 0 saturated heterocycles. The third-order valence-electron chi connectivity index (χ3n) is 4.53. The maximum Gasteiger partial charge on any atom is 0.110 e. The maximum absolute atomic E-state index is 4.92. The van der Waals surface area contributed by atoms with Crippen LogP contribution < -0.4 is 10.6 Å². The topological polar surface area (TPSA) is 37.0 Å². The number of aromatic nitrogens is 1. The number of hydrogen-bond donors (Lipinski definition) is 2. The van der Waals surface area contributed by atoms with Crippen molar-refractivity contribution in [1.82, 2.24) is 10.3 Å². The van der Waals surface area contributed by atoms with Crippen molar-refractivity contribution >= 4 is 34.5 Å². The van der Waals surface area contributed by atoms with Gasteiger partial charge in [0, 0.05) is 20.7 Å². The predicted octanol–water partition coefficient (Wildman–Crippen LogP) is 6.32.